The minimum absolute atomic E-state index is 0.000116. The van der Waals surface area contributed by atoms with Crippen LogP contribution in [0.2, 0.25) is 0 Å². The summed E-state index contributed by atoms with van der Waals surface area (Å²) in [5, 5.41) is 19.1. The third-order valence-electron chi connectivity index (χ3n) is 2.89. The van der Waals surface area contributed by atoms with Crippen molar-refractivity contribution in [3.63, 3.8) is 0 Å². The van der Waals surface area contributed by atoms with Gasteiger partial charge in [0.1, 0.15) is 5.75 Å². The Balaban J connectivity index is 1.72. The monoisotopic (exact) mass is 316 g/mol. The van der Waals surface area contributed by atoms with Gasteiger partial charge in [0.2, 0.25) is 0 Å². The molecule has 6 nitrogen and oxygen atoms in total. The van der Waals surface area contributed by atoms with Crippen LogP contribution in [0.1, 0.15) is 29.3 Å². The molecule has 7 heteroatoms. The maximum absolute atomic E-state index is 12.0. The number of phenolic OH excluding ortho intramolecular Hbond substituents is 1. The van der Waals surface area contributed by atoms with Crippen LogP contribution >= 0.6 is 11.3 Å². The van der Waals surface area contributed by atoms with Crippen molar-refractivity contribution in [1.29, 1.82) is 0 Å². The molecule has 0 aliphatic carbocycles. The van der Waals surface area contributed by atoms with Crippen molar-refractivity contribution in [2.24, 2.45) is 0 Å². The first-order valence-electron chi connectivity index (χ1n) is 6.51. The number of nitrogens with zero attached hydrogens (tertiary/aromatic N) is 2. The third-order valence-corrected chi connectivity index (χ3v) is 3.74. The van der Waals surface area contributed by atoms with E-state index in [1.165, 1.54) is 23.5 Å². The average molecular weight is 316 g/mol. The molecule has 1 atom stereocenters. The number of thiophene rings is 1. The lowest BCUT2D eigenvalue weighted by atomic mass is 10.2. The van der Waals surface area contributed by atoms with Gasteiger partial charge in [-0.05, 0) is 36.6 Å². The molecule has 0 amide bonds. The van der Waals surface area contributed by atoms with Crippen LogP contribution in [-0.2, 0) is 4.74 Å². The molecule has 2 heterocycles. The number of hydrogen-bond donors (Lipinski definition) is 1. The predicted molar refractivity (Wildman–Crippen MR) is 79.5 cm³/mol. The first-order chi connectivity index (χ1) is 10.6. The van der Waals surface area contributed by atoms with Crippen LogP contribution in [0.5, 0.6) is 5.75 Å². The number of ether oxygens (including phenoxy) is 1. The summed E-state index contributed by atoms with van der Waals surface area (Å²) in [5.74, 6) is 0.0429. The Bertz CT molecular complexity index is 782. The summed E-state index contributed by atoms with van der Waals surface area (Å²) >= 11 is 1.48. The lowest BCUT2D eigenvalue weighted by Crippen LogP contribution is -2.09. The molecule has 0 radical (unpaired) electrons. The second-order valence-corrected chi connectivity index (χ2v) is 5.47. The number of aromatic hydroxyl groups is 1. The highest BCUT2D eigenvalue weighted by Gasteiger charge is 2.20. The Hall–Kier alpha value is -2.67. The second kappa shape index (κ2) is 5.98. The Labute approximate surface area is 130 Å². The first kappa shape index (κ1) is 14.3. The summed E-state index contributed by atoms with van der Waals surface area (Å²) < 4.78 is 10.8. The van der Waals surface area contributed by atoms with Gasteiger partial charge in [-0.1, -0.05) is 12.1 Å². The fourth-order valence-corrected chi connectivity index (χ4v) is 2.45. The van der Waals surface area contributed by atoms with E-state index < -0.39 is 12.1 Å². The summed E-state index contributed by atoms with van der Waals surface area (Å²) in [6, 6.07) is 9.68. The second-order valence-electron chi connectivity index (χ2n) is 4.52. The molecule has 1 N–H and O–H groups in total. The molecule has 3 aromatic rings. The Morgan fingerprint density at radius 1 is 1.32 bits per heavy atom. The van der Waals surface area contributed by atoms with E-state index in [1.807, 2.05) is 17.5 Å². The zero-order valence-corrected chi connectivity index (χ0v) is 12.4. The van der Waals surface area contributed by atoms with Crippen LogP contribution < -0.4 is 0 Å². The molecular weight excluding hydrogens is 304 g/mol. The summed E-state index contributed by atoms with van der Waals surface area (Å²) in [6.45, 7) is 1.65. The number of rotatable bonds is 4. The van der Waals surface area contributed by atoms with Gasteiger partial charge in [-0.25, -0.2) is 4.79 Å². The van der Waals surface area contributed by atoms with Gasteiger partial charge in [-0.3, -0.25) is 0 Å². The Morgan fingerprint density at radius 2 is 2.18 bits per heavy atom. The molecule has 0 aliphatic rings. The van der Waals surface area contributed by atoms with Gasteiger partial charge in [0, 0.05) is 0 Å². The molecular formula is C15H12N2O4S. The number of aromatic nitrogens is 2. The van der Waals surface area contributed by atoms with Crippen molar-refractivity contribution in [3.8, 4) is 16.5 Å². The van der Waals surface area contributed by atoms with Crippen molar-refractivity contribution in [2.45, 2.75) is 13.0 Å². The normalized spacial score (nSPS) is 12.0. The van der Waals surface area contributed by atoms with Crippen LogP contribution in [0.15, 0.2) is 46.2 Å². The van der Waals surface area contributed by atoms with Gasteiger partial charge in [0.05, 0.1) is 10.4 Å². The SMILES string of the molecule is C[C@@H](OC(=O)c1cccc(O)c1)c1nnc(-c2cccs2)o1. The maximum Gasteiger partial charge on any atom is 0.339 e. The van der Waals surface area contributed by atoms with Gasteiger partial charge in [0.25, 0.3) is 11.8 Å². The number of esters is 1. The quantitative estimate of drug-likeness (QED) is 0.742. The fourth-order valence-electron chi connectivity index (χ4n) is 1.81. The van der Waals surface area contributed by atoms with Gasteiger partial charge < -0.3 is 14.3 Å². The maximum atomic E-state index is 12.0. The van der Waals surface area contributed by atoms with Crippen LogP contribution in [0.3, 0.4) is 0 Å². The van der Waals surface area contributed by atoms with Crippen LogP contribution in [-0.4, -0.2) is 21.3 Å². The van der Waals surface area contributed by atoms with E-state index in [-0.39, 0.29) is 17.2 Å². The molecule has 2 aromatic heterocycles. The Morgan fingerprint density at radius 3 is 2.91 bits per heavy atom. The lowest BCUT2D eigenvalue weighted by molar-refractivity contribution is 0.0279. The number of benzene rings is 1. The molecule has 0 bridgehead atoms. The van der Waals surface area contributed by atoms with Crippen LogP contribution in [0.4, 0.5) is 0 Å². The average Bonchev–Trinajstić information content (AvgIpc) is 3.18. The van der Waals surface area contributed by atoms with Gasteiger partial charge in [-0.2, -0.15) is 0 Å². The van der Waals surface area contributed by atoms with Crippen molar-refractivity contribution in [2.75, 3.05) is 0 Å². The molecule has 0 spiro atoms. The van der Waals surface area contributed by atoms with Crippen molar-refractivity contribution >= 4 is 17.3 Å². The topological polar surface area (TPSA) is 85.5 Å². The van der Waals surface area contributed by atoms with E-state index in [0.717, 1.165) is 4.88 Å². The summed E-state index contributed by atoms with van der Waals surface area (Å²) in [4.78, 5) is 12.8. The molecule has 0 saturated heterocycles. The van der Waals surface area contributed by atoms with E-state index in [0.29, 0.717) is 5.89 Å². The zero-order chi connectivity index (χ0) is 15.5. The molecule has 3 rings (SSSR count). The standard InChI is InChI=1S/C15H12N2O4S/c1-9(20-15(19)10-4-2-5-11(18)8-10)13-16-17-14(21-13)12-6-3-7-22-12/h2-9,18H,1H3/t9-/m1/s1. The number of carbonyl (C=O) groups excluding carboxylic acids is 1. The predicted octanol–water partition coefficient (Wildman–Crippen LogP) is 3.42. The lowest BCUT2D eigenvalue weighted by Gasteiger charge is -2.09. The highest BCUT2D eigenvalue weighted by Crippen LogP contribution is 2.26. The van der Waals surface area contributed by atoms with Crippen molar-refractivity contribution < 1.29 is 19.1 Å². The zero-order valence-electron chi connectivity index (χ0n) is 11.6. The van der Waals surface area contributed by atoms with E-state index in [4.69, 9.17) is 9.15 Å². The van der Waals surface area contributed by atoms with Crippen molar-refractivity contribution in [3.05, 3.63) is 53.2 Å². The molecule has 112 valence electrons. The van der Waals surface area contributed by atoms with Crippen molar-refractivity contribution in [1.82, 2.24) is 10.2 Å². The van der Waals surface area contributed by atoms with Crippen LogP contribution in [0.25, 0.3) is 10.8 Å². The number of phenols is 1. The minimum atomic E-state index is -0.684. The van der Waals surface area contributed by atoms with E-state index in [9.17, 15) is 9.90 Å². The fraction of sp³-hybridized carbons (Fsp3) is 0.133. The molecule has 22 heavy (non-hydrogen) atoms. The summed E-state index contributed by atoms with van der Waals surface area (Å²) in [7, 11) is 0. The molecule has 0 aliphatic heterocycles. The van der Waals surface area contributed by atoms with E-state index in [1.54, 1.807) is 19.1 Å². The minimum Gasteiger partial charge on any atom is -0.508 e. The summed E-state index contributed by atoms with van der Waals surface area (Å²) in [6.07, 6.45) is -0.684. The number of hydrogen-bond acceptors (Lipinski definition) is 7. The Kier molecular flexibility index (Phi) is 3.88. The highest BCUT2D eigenvalue weighted by molar-refractivity contribution is 7.13. The molecule has 0 saturated carbocycles. The van der Waals surface area contributed by atoms with Gasteiger partial charge >= 0.3 is 5.97 Å². The third kappa shape index (κ3) is 2.99. The number of carbonyl (C=O) groups is 1. The smallest absolute Gasteiger partial charge is 0.339 e. The van der Waals surface area contributed by atoms with Crippen LogP contribution in [0, 0.1) is 0 Å². The molecule has 1 aromatic carbocycles. The van der Waals surface area contributed by atoms with Gasteiger partial charge in [-0.15, -0.1) is 21.5 Å². The van der Waals surface area contributed by atoms with E-state index in [2.05, 4.69) is 10.2 Å². The first-order valence-corrected chi connectivity index (χ1v) is 7.39. The largest absolute Gasteiger partial charge is 0.508 e. The molecule has 0 unspecified atom stereocenters. The molecule has 0 fully saturated rings. The highest BCUT2D eigenvalue weighted by atomic mass is 32.1. The van der Waals surface area contributed by atoms with E-state index >= 15 is 0 Å². The summed E-state index contributed by atoms with van der Waals surface area (Å²) in [5.41, 5.74) is 0.254. The van der Waals surface area contributed by atoms with Gasteiger partial charge in [0.15, 0.2) is 6.10 Å².